The number of aliphatic hydroxyl groups is 2. The maximum absolute atomic E-state index is 10.2. The third-order valence-electron chi connectivity index (χ3n) is 3.27. The van der Waals surface area contributed by atoms with Crippen molar-refractivity contribution < 1.29 is 18.4 Å². The lowest BCUT2D eigenvalue weighted by atomic mass is 10.2. The molecule has 1 aliphatic heterocycles. The van der Waals surface area contributed by atoms with E-state index >= 15 is 0 Å². The first kappa shape index (κ1) is 16.5. The van der Waals surface area contributed by atoms with Gasteiger partial charge >= 0.3 is 0 Å². The standard InChI is InChI=1S/C15H18N2O4S2/c1-15(2)20-9-12(21-15)8-19-14-16-13(17-22-14)23(18)10-11-6-4-3-5-7-11/h3-7,12H,8-10H2,1-2H3/p+2. The third kappa shape index (κ3) is 4.57. The van der Waals surface area contributed by atoms with E-state index in [-0.39, 0.29) is 6.10 Å². The second kappa shape index (κ2) is 7.04. The van der Waals surface area contributed by atoms with Gasteiger partial charge in [-0.2, -0.15) is 9.36 Å². The molecule has 2 atom stereocenters. The minimum absolute atomic E-state index is 0.0611. The predicted molar refractivity (Wildman–Crippen MR) is 89.2 cm³/mol. The molecule has 2 unspecified atom stereocenters. The van der Waals surface area contributed by atoms with Crippen LogP contribution in [0.25, 0.3) is 0 Å². The van der Waals surface area contributed by atoms with Crippen molar-refractivity contribution in [3.63, 3.8) is 0 Å². The number of nitrogens with zero attached hydrogens (tertiary/aromatic N) is 2. The Morgan fingerprint density at radius 1 is 1.43 bits per heavy atom. The number of hydrogen-bond donors (Lipinski definition) is 0. The van der Waals surface area contributed by atoms with Crippen LogP contribution in [0.1, 0.15) is 19.4 Å². The van der Waals surface area contributed by atoms with E-state index in [1.54, 1.807) is 0 Å². The molecular weight excluding hydrogens is 336 g/mol. The van der Waals surface area contributed by atoms with Gasteiger partial charge in [0.05, 0.1) is 0 Å². The lowest BCUT2D eigenvalue weighted by Crippen LogP contribution is -2.26. The van der Waals surface area contributed by atoms with E-state index in [1.165, 1.54) is 0 Å². The lowest BCUT2D eigenvalue weighted by molar-refractivity contribution is -0.227. The lowest BCUT2D eigenvalue weighted by Gasteiger charge is -2.11. The normalized spacial score (nSPS) is 21.2. The van der Waals surface area contributed by atoms with Gasteiger partial charge in [0.1, 0.15) is 12.4 Å². The molecule has 0 amide bonds. The molecule has 2 aromatic rings. The van der Waals surface area contributed by atoms with E-state index in [9.17, 15) is 4.21 Å². The molecular formula is C15H20N2O4S2+2. The molecule has 0 saturated carbocycles. The maximum Gasteiger partial charge on any atom is 0.294 e. The van der Waals surface area contributed by atoms with Gasteiger partial charge < -0.3 is 9.47 Å². The molecule has 8 heteroatoms. The Labute approximate surface area is 141 Å². The van der Waals surface area contributed by atoms with E-state index in [0.717, 1.165) is 17.1 Å². The number of hydrogen-bond acceptors (Lipinski definition) is 5. The highest BCUT2D eigenvalue weighted by Crippen LogP contribution is 2.22. The molecule has 2 heterocycles. The molecule has 1 aliphatic rings. The average Bonchev–Trinajstić information content (AvgIpc) is 3.12. The molecule has 1 saturated heterocycles. The summed E-state index contributed by atoms with van der Waals surface area (Å²) in [6.45, 7) is 4.87. The first-order valence-corrected chi connectivity index (χ1v) is 9.41. The summed E-state index contributed by atoms with van der Waals surface area (Å²) in [6.07, 6.45) is -0.0611. The zero-order valence-electron chi connectivity index (χ0n) is 13.0. The van der Waals surface area contributed by atoms with Gasteiger partial charge in [-0.15, -0.1) is 0 Å². The largest absolute Gasteiger partial charge is 0.466 e. The Kier molecular flexibility index (Phi) is 5.05. The van der Waals surface area contributed by atoms with Crippen molar-refractivity contribution in [2.75, 3.05) is 13.2 Å². The SMILES string of the molecule is CC1(C)OC(COc2nc(S(=[OH+])Cc3ccccc3)ns2)C[OH+]1. The van der Waals surface area contributed by atoms with Crippen molar-refractivity contribution in [3.8, 4) is 5.19 Å². The number of rotatable bonds is 6. The summed E-state index contributed by atoms with van der Waals surface area (Å²) in [5.74, 6) is 0.0728. The van der Waals surface area contributed by atoms with Gasteiger partial charge in [-0.1, -0.05) is 30.3 Å². The minimum atomic E-state index is -1.02. The van der Waals surface area contributed by atoms with Crippen molar-refractivity contribution in [2.45, 2.75) is 36.6 Å². The first-order valence-electron chi connectivity index (χ1n) is 7.29. The minimum Gasteiger partial charge on any atom is -0.466 e. The van der Waals surface area contributed by atoms with Crippen LogP contribution in [0.15, 0.2) is 35.5 Å². The molecule has 1 aromatic carbocycles. The van der Waals surface area contributed by atoms with Crippen molar-refractivity contribution in [1.82, 2.24) is 9.36 Å². The van der Waals surface area contributed by atoms with E-state index in [4.69, 9.17) is 9.47 Å². The van der Waals surface area contributed by atoms with Gasteiger partial charge in [0.15, 0.2) is 12.7 Å². The third-order valence-corrected chi connectivity index (χ3v) is 5.23. The zero-order valence-corrected chi connectivity index (χ0v) is 14.6. The molecule has 124 valence electrons. The Morgan fingerprint density at radius 2 is 2.22 bits per heavy atom. The highest BCUT2D eigenvalue weighted by Gasteiger charge is 2.38. The monoisotopic (exact) mass is 356 g/mol. The summed E-state index contributed by atoms with van der Waals surface area (Å²) in [5, 5.41) is 0.874. The van der Waals surface area contributed by atoms with Gasteiger partial charge in [0.2, 0.25) is 0 Å². The van der Waals surface area contributed by atoms with Gasteiger partial charge in [-0.05, 0) is 5.56 Å². The molecule has 1 fully saturated rings. The van der Waals surface area contributed by atoms with Crippen LogP contribution in [-0.4, -0.2) is 43.4 Å². The summed E-state index contributed by atoms with van der Waals surface area (Å²) in [4.78, 5) is 4.27. The summed E-state index contributed by atoms with van der Waals surface area (Å²) in [5.41, 5.74) is 1.05. The Hall–Kier alpha value is -1.35. The average molecular weight is 356 g/mol. The number of aromatic nitrogens is 2. The molecule has 3 rings (SSSR count). The fraction of sp³-hybridized carbons (Fsp3) is 0.467. The summed E-state index contributed by atoms with van der Waals surface area (Å²) >= 11 is 1.15. The van der Waals surface area contributed by atoms with Crippen LogP contribution in [0.3, 0.4) is 0 Å². The van der Waals surface area contributed by atoms with Crippen LogP contribution in [0.4, 0.5) is 0 Å². The highest BCUT2D eigenvalue weighted by molar-refractivity contribution is 7.84. The molecule has 0 bridgehead atoms. The Morgan fingerprint density at radius 3 is 2.91 bits per heavy atom. The molecule has 2 N–H and O–H groups in total. The molecule has 0 spiro atoms. The van der Waals surface area contributed by atoms with Crippen LogP contribution < -0.4 is 4.74 Å². The van der Waals surface area contributed by atoms with Gasteiger partial charge in [0.25, 0.3) is 26.9 Å². The van der Waals surface area contributed by atoms with Crippen LogP contribution in [0.5, 0.6) is 5.19 Å². The number of ether oxygens (including phenoxy) is 3. The van der Waals surface area contributed by atoms with Gasteiger partial charge in [-0.3, -0.25) is 4.74 Å². The van der Waals surface area contributed by atoms with Gasteiger partial charge in [-0.25, -0.2) is 4.21 Å². The summed E-state index contributed by atoms with van der Waals surface area (Å²) < 4.78 is 30.1. The predicted octanol–water partition coefficient (Wildman–Crippen LogP) is 2.04. The molecule has 23 heavy (non-hydrogen) atoms. The van der Waals surface area contributed by atoms with E-state index in [0.29, 0.717) is 29.3 Å². The van der Waals surface area contributed by atoms with Crippen LogP contribution in [0.2, 0.25) is 0 Å². The number of benzene rings is 1. The highest BCUT2D eigenvalue weighted by atomic mass is 32.2. The van der Waals surface area contributed by atoms with Crippen molar-refractivity contribution in [3.05, 3.63) is 35.9 Å². The van der Waals surface area contributed by atoms with E-state index in [1.807, 2.05) is 44.2 Å². The van der Waals surface area contributed by atoms with Crippen molar-refractivity contribution >= 4 is 22.3 Å². The van der Waals surface area contributed by atoms with Crippen molar-refractivity contribution in [1.29, 1.82) is 0 Å². The van der Waals surface area contributed by atoms with E-state index < -0.39 is 16.6 Å². The first-order chi connectivity index (χ1) is 11.0. The fourth-order valence-electron chi connectivity index (χ4n) is 2.20. The van der Waals surface area contributed by atoms with Crippen LogP contribution >= 0.6 is 11.5 Å². The van der Waals surface area contributed by atoms with Crippen molar-refractivity contribution in [2.24, 2.45) is 0 Å². The Balaban J connectivity index is 1.53. The quantitative estimate of drug-likeness (QED) is 0.742. The van der Waals surface area contributed by atoms with Gasteiger partial charge in [0, 0.05) is 25.4 Å². The fourth-order valence-corrected chi connectivity index (χ4v) is 3.99. The van der Waals surface area contributed by atoms with Crippen LogP contribution in [-0.2, 0) is 21.3 Å². The topological polar surface area (TPSA) is 78.4 Å². The Bertz CT molecular complexity index is 675. The maximum atomic E-state index is 10.2. The second-order valence-corrected chi connectivity index (χ2v) is 7.77. The molecule has 0 radical (unpaired) electrons. The second-order valence-electron chi connectivity index (χ2n) is 5.68. The van der Waals surface area contributed by atoms with E-state index in [2.05, 4.69) is 14.1 Å². The smallest absolute Gasteiger partial charge is 0.294 e. The van der Waals surface area contributed by atoms with Crippen LogP contribution in [0, 0.1) is 0 Å². The molecule has 6 nitrogen and oxygen atoms in total. The summed E-state index contributed by atoms with van der Waals surface area (Å²) in [6, 6.07) is 9.80. The molecule has 1 aromatic heterocycles. The zero-order chi connectivity index (χ0) is 16.3. The molecule has 0 aliphatic carbocycles. The summed E-state index contributed by atoms with van der Waals surface area (Å²) in [7, 11) is -1.02.